The maximum atomic E-state index is 14.2. The van der Waals surface area contributed by atoms with Gasteiger partial charge >= 0.3 is 5.97 Å². The van der Waals surface area contributed by atoms with Crippen LogP contribution in [0.4, 0.5) is 4.39 Å². The summed E-state index contributed by atoms with van der Waals surface area (Å²) in [4.78, 5) is 10.6. The van der Waals surface area contributed by atoms with E-state index in [-0.39, 0.29) is 6.54 Å². The lowest BCUT2D eigenvalue weighted by atomic mass is 9.93. The van der Waals surface area contributed by atoms with Crippen LogP contribution in [0.3, 0.4) is 0 Å². The quantitative estimate of drug-likeness (QED) is 0.763. The highest BCUT2D eigenvalue weighted by atomic mass is 79.9. The molecule has 0 bridgehead atoms. The molecule has 7 nitrogen and oxygen atoms in total. The van der Waals surface area contributed by atoms with Crippen molar-refractivity contribution in [3.05, 3.63) is 45.9 Å². The Kier molecular flexibility index (Phi) is 5.18. The molecule has 1 aliphatic carbocycles. The Balaban J connectivity index is 1.97. The van der Waals surface area contributed by atoms with Crippen LogP contribution in [-0.4, -0.2) is 40.6 Å². The van der Waals surface area contributed by atoms with Gasteiger partial charge in [-0.15, -0.1) is 0 Å². The molecule has 0 spiro atoms. The van der Waals surface area contributed by atoms with Gasteiger partial charge in [0.15, 0.2) is 0 Å². The first-order valence-electron chi connectivity index (χ1n) is 7.91. The number of aromatic nitrogens is 2. The second kappa shape index (κ2) is 7.09. The number of halogens is 2. The van der Waals surface area contributed by atoms with Gasteiger partial charge in [0.1, 0.15) is 17.3 Å². The molecule has 0 saturated carbocycles. The van der Waals surface area contributed by atoms with Crippen LogP contribution in [0.2, 0.25) is 0 Å². The van der Waals surface area contributed by atoms with E-state index in [9.17, 15) is 17.6 Å². The van der Waals surface area contributed by atoms with Gasteiger partial charge in [0.05, 0.1) is 12.2 Å². The molecule has 1 aliphatic rings. The Morgan fingerprint density at radius 3 is 2.88 bits per heavy atom. The Morgan fingerprint density at radius 2 is 2.23 bits per heavy atom. The Hall–Kier alpha value is -1.78. The Bertz CT molecular complexity index is 960. The van der Waals surface area contributed by atoms with E-state index in [0.717, 1.165) is 10.4 Å². The van der Waals surface area contributed by atoms with Crippen LogP contribution in [0.25, 0.3) is 0 Å². The first-order chi connectivity index (χ1) is 12.2. The van der Waals surface area contributed by atoms with Crippen molar-refractivity contribution >= 4 is 31.9 Å². The molecule has 0 saturated heterocycles. The fourth-order valence-electron chi connectivity index (χ4n) is 3.24. The topological polar surface area (TPSA) is 92.5 Å². The zero-order valence-electron chi connectivity index (χ0n) is 13.9. The predicted octanol–water partition coefficient (Wildman–Crippen LogP) is 2.57. The molecule has 2 aromatic rings. The monoisotopic (exact) mass is 445 g/mol. The number of nitrogens with zero attached hydrogens (tertiary/aromatic N) is 3. The molecule has 26 heavy (non-hydrogen) atoms. The van der Waals surface area contributed by atoms with Crippen LogP contribution in [0, 0.1) is 5.82 Å². The van der Waals surface area contributed by atoms with E-state index in [0.29, 0.717) is 35.0 Å². The molecular formula is C16H17BrFN3O4S. The molecule has 1 N–H and O–H groups in total. The predicted molar refractivity (Wildman–Crippen MR) is 94.6 cm³/mol. The van der Waals surface area contributed by atoms with Gasteiger partial charge in [-0.3, -0.25) is 9.48 Å². The summed E-state index contributed by atoms with van der Waals surface area (Å²) in [6.07, 6.45) is 3.37. The normalized spacial score (nSPS) is 17.3. The number of rotatable bonds is 5. The smallest absolute Gasteiger partial charge is 0.325 e. The summed E-state index contributed by atoms with van der Waals surface area (Å²) in [5, 5.41) is 13.1. The van der Waals surface area contributed by atoms with Crippen molar-refractivity contribution in [2.24, 2.45) is 0 Å². The van der Waals surface area contributed by atoms with Gasteiger partial charge < -0.3 is 5.11 Å². The first kappa shape index (κ1) is 19.0. The second-order valence-electron chi connectivity index (χ2n) is 6.10. The van der Waals surface area contributed by atoms with Crippen LogP contribution in [0.1, 0.15) is 30.1 Å². The summed E-state index contributed by atoms with van der Waals surface area (Å²) in [6.45, 7) is -0.278. The van der Waals surface area contributed by atoms with E-state index in [1.54, 1.807) is 0 Å². The number of aliphatic carboxylic acids is 1. The Morgan fingerprint density at radius 1 is 1.50 bits per heavy atom. The second-order valence-corrected chi connectivity index (χ2v) is 8.98. The van der Waals surface area contributed by atoms with E-state index >= 15 is 0 Å². The van der Waals surface area contributed by atoms with Gasteiger partial charge in [0, 0.05) is 22.8 Å². The Labute approximate surface area is 158 Å². The third kappa shape index (κ3) is 3.40. The standard InChI is InChI=1S/C16H17BrFN3O4S/c1-20(26(24,25)15-6-5-10(17)7-12(15)18)13-3-2-4-14-11(13)8-19-21(14)9-16(22)23/h5-8,13H,2-4,9H2,1H3,(H,22,23)/t13-/m0/s1. The number of carboxylic acids is 1. The summed E-state index contributed by atoms with van der Waals surface area (Å²) in [5.41, 5.74) is 1.38. The van der Waals surface area contributed by atoms with Crippen molar-refractivity contribution in [2.45, 2.75) is 36.7 Å². The summed E-state index contributed by atoms with van der Waals surface area (Å²) >= 11 is 3.11. The van der Waals surface area contributed by atoms with Crippen LogP contribution in [0.5, 0.6) is 0 Å². The molecule has 0 radical (unpaired) electrons. The number of hydrogen-bond acceptors (Lipinski definition) is 4. The van der Waals surface area contributed by atoms with E-state index in [1.807, 2.05) is 0 Å². The number of carboxylic acid groups (broad SMARTS) is 1. The number of benzene rings is 1. The molecule has 1 aromatic carbocycles. The summed E-state index contributed by atoms with van der Waals surface area (Å²) < 4.78 is 43.0. The van der Waals surface area contributed by atoms with Gasteiger partial charge in [-0.05, 0) is 37.5 Å². The molecule has 10 heteroatoms. The van der Waals surface area contributed by atoms with Crippen molar-refractivity contribution in [3.63, 3.8) is 0 Å². The SMILES string of the molecule is CN([C@H]1CCCc2c1cnn2CC(=O)O)S(=O)(=O)c1ccc(Br)cc1F. The molecule has 140 valence electrons. The van der Waals surface area contributed by atoms with E-state index < -0.39 is 32.7 Å². The number of hydrogen-bond donors (Lipinski definition) is 1. The lowest BCUT2D eigenvalue weighted by Gasteiger charge is -2.31. The highest BCUT2D eigenvalue weighted by Crippen LogP contribution is 2.37. The molecule has 0 unspecified atom stereocenters. The van der Waals surface area contributed by atoms with Crippen molar-refractivity contribution in [1.29, 1.82) is 0 Å². The van der Waals surface area contributed by atoms with Crippen molar-refractivity contribution in [3.8, 4) is 0 Å². The van der Waals surface area contributed by atoms with Gasteiger partial charge in [-0.2, -0.15) is 9.40 Å². The van der Waals surface area contributed by atoms with Gasteiger partial charge in [0.2, 0.25) is 10.0 Å². The van der Waals surface area contributed by atoms with Gasteiger partial charge in [-0.1, -0.05) is 15.9 Å². The first-order valence-corrected chi connectivity index (χ1v) is 10.1. The molecular weight excluding hydrogens is 429 g/mol. The zero-order chi connectivity index (χ0) is 19.1. The molecule has 0 aliphatic heterocycles. The fraction of sp³-hybridized carbons (Fsp3) is 0.375. The van der Waals surface area contributed by atoms with Crippen molar-refractivity contribution < 1.29 is 22.7 Å². The highest BCUT2D eigenvalue weighted by Gasteiger charge is 2.35. The lowest BCUT2D eigenvalue weighted by molar-refractivity contribution is -0.137. The van der Waals surface area contributed by atoms with Crippen LogP contribution in [-0.2, 0) is 27.8 Å². The molecule has 1 aromatic heterocycles. The maximum Gasteiger partial charge on any atom is 0.325 e. The van der Waals surface area contributed by atoms with Crippen LogP contribution < -0.4 is 0 Å². The molecule has 0 fully saturated rings. The lowest BCUT2D eigenvalue weighted by Crippen LogP contribution is -2.34. The van der Waals surface area contributed by atoms with Crippen LogP contribution in [0.15, 0.2) is 33.8 Å². The van der Waals surface area contributed by atoms with Gasteiger partial charge in [-0.25, -0.2) is 12.8 Å². The molecule has 0 amide bonds. The molecule has 3 rings (SSSR count). The fourth-order valence-corrected chi connectivity index (χ4v) is 4.99. The summed E-state index contributed by atoms with van der Waals surface area (Å²) in [6, 6.07) is 3.29. The highest BCUT2D eigenvalue weighted by molar-refractivity contribution is 9.10. The largest absolute Gasteiger partial charge is 0.480 e. The minimum Gasteiger partial charge on any atom is -0.480 e. The summed E-state index contributed by atoms with van der Waals surface area (Å²) in [5.74, 6) is -1.85. The van der Waals surface area contributed by atoms with Crippen molar-refractivity contribution in [1.82, 2.24) is 14.1 Å². The number of carbonyl (C=O) groups is 1. The average Bonchev–Trinajstić information content (AvgIpc) is 2.96. The third-order valence-electron chi connectivity index (χ3n) is 4.51. The zero-order valence-corrected chi connectivity index (χ0v) is 16.3. The maximum absolute atomic E-state index is 14.2. The summed E-state index contributed by atoms with van der Waals surface area (Å²) in [7, 11) is -2.65. The van der Waals surface area contributed by atoms with Gasteiger partial charge in [0.25, 0.3) is 0 Å². The minimum atomic E-state index is -4.06. The number of fused-ring (bicyclic) bond motifs is 1. The van der Waals surface area contributed by atoms with E-state index in [1.165, 1.54) is 30.1 Å². The average molecular weight is 446 g/mol. The minimum absolute atomic E-state index is 0.278. The van der Waals surface area contributed by atoms with Crippen LogP contribution >= 0.6 is 15.9 Å². The number of sulfonamides is 1. The van der Waals surface area contributed by atoms with Crippen molar-refractivity contribution in [2.75, 3.05) is 7.05 Å². The van der Waals surface area contributed by atoms with E-state index in [2.05, 4.69) is 21.0 Å². The van der Waals surface area contributed by atoms with E-state index in [4.69, 9.17) is 5.11 Å². The third-order valence-corrected chi connectivity index (χ3v) is 6.90. The molecule has 1 heterocycles. The molecule has 1 atom stereocenters.